The second-order valence-corrected chi connectivity index (χ2v) is 15.3. The molecule has 0 aliphatic rings. The van der Waals surface area contributed by atoms with Crippen molar-refractivity contribution < 1.29 is 37.6 Å². The van der Waals surface area contributed by atoms with Crippen molar-refractivity contribution in [2.75, 3.05) is 26.4 Å². The lowest BCUT2D eigenvalue weighted by molar-refractivity contribution is -0.161. The van der Waals surface area contributed by atoms with E-state index in [1.54, 1.807) is 0 Å². The fraction of sp³-hybridized carbons (Fsp3) is 0.810. The van der Waals surface area contributed by atoms with Gasteiger partial charge in [-0.2, -0.15) is 0 Å². The molecule has 0 aromatic heterocycles. The van der Waals surface area contributed by atoms with Crippen molar-refractivity contribution in [2.24, 2.45) is 5.73 Å². The monoisotopic (exact) mass is 756 g/mol. The highest BCUT2D eigenvalue weighted by Gasteiger charge is 2.25. The molecular weight excluding hydrogens is 677 g/mol. The van der Waals surface area contributed by atoms with Crippen molar-refractivity contribution in [3.63, 3.8) is 0 Å². The Morgan fingerprint density at radius 2 is 1.02 bits per heavy atom. The number of allylic oxidation sites excluding steroid dienone is 6. The van der Waals surface area contributed by atoms with Crippen LogP contribution in [0, 0.1) is 0 Å². The molecule has 0 aliphatic carbocycles. The minimum absolute atomic E-state index is 0.0467. The lowest BCUT2D eigenvalue weighted by Gasteiger charge is -2.19. The molecule has 52 heavy (non-hydrogen) atoms. The Balaban J connectivity index is 4.24. The van der Waals surface area contributed by atoms with Crippen LogP contribution in [0.2, 0.25) is 0 Å². The van der Waals surface area contributed by atoms with Crippen molar-refractivity contribution in [1.29, 1.82) is 0 Å². The zero-order chi connectivity index (χ0) is 38.2. The predicted molar refractivity (Wildman–Crippen MR) is 215 cm³/mol. The maximum atomic E-state index is 12.5. The van der Waals surface area contributed by atoms with Gasteiger partial charge in [0.1, 0.15) is 6.61 Å². The molecule has 10 heteroatoms. The van der Waals surface area contributed by atoms with Gasteiger partial charge in [-0.3, -0.25) is 18.6 Å². The van der Waals surface area contributed by atoms with E-state index in [0.29, 0.717) is 12.8 Å². The molecule has 0 bridgehead atoms. The first-order valence-electron chi connectivity index (χ1n) is 21.0. The highest BCUT2D eigenvalue weighted by molar-refractivity contribution is 7.47. The van der Waals surface area contributed by atoms with Crippen LogP contribution in [-0.4, -0.2) is 49.3 Å². The second-order valence-electron chi connectivity index (χ2n) is 13.8. The van der Waals surface area contributed by atoms with Gasteiger partial charge in [-0.1, -0.05) is 147 Å². The molecule has 0 aromatic carbocycles. The summed E-state index contributed by atoms with van der Waals surface area (Å²) in [4.78, 5) is 34.8. The molecule has 3 N–H and O–H groups in total. The Bertz CT molecular complexity index is 954. The van der Waals surface area contributed by atoms with Crippen LogP contribution in [0.25, 0.3) is 0 Å². The van der Waals surface area contributed by atoms with Crippen LogP contribution in [0.1, 0.15) is 187 Å². The van der Waals surface area contributed by atoms with Gasteiger partial charge in [0.2, 0.25) is 0 Å². The maximum Gasteiger partial charge on any atom is 0.472 e. The van der Waals surface area contributed by atoms with Gasteiger partial charge in [0.25, 0.3) is 0 Å². The van der Waals surface area contributed by atoms with Crippen molar-refractivity contribution >= 4 is 19.8 Å². The zero-order valence-corrected chi connectivity index (χ0v) is 34.2. The first kappa shape index (κ1) is 50.2. The first-order valence-corrected chi connectivity index (χ1v) is 22.5. The summed E-state index contributed by atoms with van der Waals surface area (Å²) in [5.41, 5.74) is 5.34. The number of phosphoric acid groups is 1. The molecule has 0 saturated heterocycles. The average molecular weight is 756 g/mol. The van der Waals surface area contributed by atoms with Crippen LogP contribution < -0.4 is 5.73 Å². The van der Waals surface area contributed by atoms with Gasteiger partial charge in [0.15, 0.2) is 6.10 Å². The van der Waals surface area contributed by atoms with Gasteiger partial charge in [0, 0.05) is 19.4 Å². The summed E-state index contributed by atoms with van der Waals surface area (Å²) in [6.07, 6.45) is 41.8. The van der Waals surface area contributed by atoms with Crippen molar-refractivity contribution in [3.05, 3.63) is 36.5 Å². The highest BCUT2D eigenvalue weighted by Crippen LogP contribution is 2.43. The number of unbranched alkanes of at least 4 members (excludes halogenated alkanes) is 20. The number of carbonyl (C=O) groups excluding carboxylic acids is 2. The molecule has 0 fully saturated rings. The number of nitrogens with two attached hydrogens (primary N) is 1. The van der Waals surface area contributed by atoms with Crippen molar-refractivity contribution in [1.82, 2.24) is 0 Å². The largest absolute Gasteiger partial charge is 0.472 e. The van der Waals surface area contributed by atoms with E-state index in [2.05, 4.69) is 50.3 Å². The Labute approximate surface area is 318 Å². The molecule has 1 unspecified atom stereocenters. The molecule has 9 nitrogen and oxygen atoms in total. The van der Waals surface area contributed by atoms with Gasteiger partial charge >= 0.3 is 19.8 Å². The second kappa shape index (κ2) is 38.9. The molecule has 0 saturated carbocycles. The zero-order valence-electron chi connectivity index (χ0n) is 33.3. The van der Waals surface area contributed by atoms with E-state index in [-0.39, 0.29) is 32.6 Å². The van der Waals surface area contributed by atoms with E-state index in [1.165, 1.54) is 96.3 Å². The van der Waals surface area contributed by atoms with Crippen molar-refractivity contribution in [2.45, 2.75) is 193 Å². The molecule has 0 rings (SSSR count). The lowest BCUT2D eigenvalue weighted by atomic mass is 10.1. The summed E-state index contributed by atoms with van der Waals surface area (Å²) in [5.74, 6) is -0.891. The van der Waals surface area contributed by atoms with Crippen LogP contribution in [0.15, 0.2) is 36.5 Å². The van der Waals surface area contributed by atoms with Gasteiger partial charge in [-0.05, 0) is 64.2 Å². The summed E-state index contributed by atoms with van der Waals surface area (Å²) in [6, 6.07) is 0. The SMILES string of the molecule is CCCCCCC/C=C/CCCCCCCC(=O)O[C@H](COC(=O)CCC/C=C/C/C=C/CCCCCCCCCCC)COP(=O)(O)OCCN. The molecule has 0 radical (unpaired) electrons. The Kier molecular flexibility index (Phi) is 37.6. The molecule has 0 aliphatic heterocycles. The molecule has 0 heterocycles. The minimum atomic E-state index is -4.38. The highest BCUT2D eigenvalue weighted by atomic mass is 31.2. The van der Waals surface area contributed by atoms with E-state index in [4.69, 9.17) is 24.3 Å². The fourth-order valence-electron chi connectivity index (χ4n) is 5.61. The van der Waals surface area contributed by atoms with Crippen LogP contribution in [0.5, 0.6) is 0 Å². The summed E-state index contributed by atoms with van der Waals surface area (Å²) >= 11 is 0. The Morgan fingerprint density at radius 3 is 1.54 bits per heavy atom. The summed E-state index contributed by atoms with van der Waals surface area (Å²) in [6.45, 7) is 3.66. The third-order valence-corrected chi connectivity index (χ3v) is 9.73. The van der Waals surface area contributed by atoms with Crippen LogP contribution >= 0.6 is 7.82 Å². The number of rotatable bonds is 39. The molecule has 0 aromatic rings. The van der Waals surface area contributed by atoms with Gasteiger partial charge in [-0.25, -0.2) is 4.57 Å². The molecular formula is C42H78NO8P. The van der Waals surface area contributed by atoms with Gasteiger partial charge < -0.3 is 20.1 Å². The third kappa shape index (κ3) is 38.0. The van der Waals surface area contributed by atoms with Crippen LogP contribution in [0.3, 0.4) is 0 Å². The Hall–Kier alpha value is -1.77. The van der Waals surface area contributed by atoms with E-state index < -0.39 is 32.5 Å². The normalized spacial score (nSPS) is 13.7. The molecule has 0 spiro atoms. The van der Waals surface area contributed by atoms with Gasteiger partial charge in [-0.15, -0.1) is 0 Å². The third-order valence-electron chi connectivity index (χ3n) is 8.75. The van der Waals surface area contributed by atoms with E-state index in [1.807, 2.05) is 0 Å². The maximum absolute atomic E-state index is 12.5. The number of hydrogen-bond donors (Lipinski definition) is 2. The van der Waals surface area contributed by atoms with Crippen LogP contribution in [0.4, 0.5) is 0 Å². The number of ether oxygens (including phenoxy) is 2. The van der Waals surface area contributed by atoms with Crippen molar-refractivity contribution in [3.8, 4) is 0 Å². The number of phosphoric ester groups is 1. The predicted octanol–water partition coefficient (Wildman–Crippen LogP) is 11.8. The summed E-state index contributed by atoms with van der Waals surface area (Å²) in [7, 11) is -4.38. The number of esters is 2. The lowest BCUT2D eigenvalue weighted by Crippen LogP contribution is -2.29. The fourth-order valence-corrected chi connectivity index (χ4v) is 6.37. The smallest absolute Gasteiger partial charge is 0.462 e. The molecule has 2 atom stereocenters. The average Bonchev–Trinajstić information content (AvgIpc) is 3.13. The number of carbonyl (C=O) groups is 2. The standard InChI is InChI=1S/C42H78NO8P/c1-3-5-7-9-11-13-15-17-19-20-21-23-24-26-28-30-32-34-41(44)48-38-40(39-50-52(46,47)49-37-36-43)51-42(45)35-33-31-29-27-25-22-18-16-14-12-10-8-6-4-2/h16,18,21,23,26,28,40H,3-15,17,19-20,22,24-25,27,29-39,43H2,1-2H3,(H,46,47)/b18-16+,23-21+,28-26+/t40-/m1/s1. The van der Waals surface area contributed by atoms with Gasteiger partial charge in [0.05, 0.1) is 13.2 Å². The molecule has 304 valence electrons. The van der Waals surface area contributed by atoms with E-state index in [0.717, 1.165) is 51.4 Å². The quantitative estimate of drug-likeness (QED) is 0.0272. The minimum Gasteiger partial charge on any atom is -0.462 e. The number of hydrogen-bond acceptors (Lipinski definition) is 8. The Morgan fingerprint density at radius 1 is 0.577 bits per heavy atom. The summed E-state index contributed by atoms with van der Waals surface area (Å²) in [5, 5.41) is 0. The van der Waals surface area contributed by atoms with E-state index >= 15 is 0 Å². The first-order chi connectivity index (χ1) is 25.3. The van der Waals surface area contributed by atoms with Crippen LogP contribution in [-0.2, 0) is 32.7 Å². The van der Waals surface area contributed by atoms with E-state index in [9.17, 15) is 19.0 Å². The topological polar surface area (TPSA) is 134 Å². The molecule has 0 amide bonds. The summed E-state index contributed by atoms with van der Waals surface area (Å²) < 4.78 is 32.7.